The molecular formula is C13H17BO4. The van der Waals surface area contributed by atoms with Crippen LogP contribution in [0.25, 0.3) is 6.08 Å². The van der Waals surface area contributed by atoms with Crippen LogP contribution in [-0.2, 0) is 9.53 Å². The first-order valence-electron chi connectivity index (χ1n) is 5.65. The molecule has 5 heteroatoms. The molecule has 0 saturated carbocycles. The summed E-state index contributed by atoms with van der Waals surface area (Å²) in [5.74, 6) is -0.409. The summed E-state index contributed by atoms with van der Waals surface area (Å²) < 4.78 is 5.12. The average Bonchev–Trinajstić information content (AvgIpc) is 2.24. The van der Waals surface area contributed by atoms with Gasteiger partial charge in [0, 0.05) is 6.08 Å². The zero-order valence-corrected chi connectivity index (χ0v) is 10.8. The lowest BCUT2D eigenvalue weighted by Gasteiger charge is -2.17. The molecule has 96 valence electrons. The Labute approximate surface area is 107 Å². The van der Waals surface area contributed by atoms with E-state index in [2.05, 4.69) is 0 Å². The number of esters is 1. The minimum absolute atomic E-state index is 0.407. The summed E-state index contributed by atoms with van der Waals surface area (Å²) in [4.78, 5) is 11.4. The van der Waals surface area contributed by atoms with Gasteiger partial charge in [-0.05, 0) is 37.9 Å². The van der Waals surface area contributed by atoms with Crippen molar-refractivity contribution < 1.29 is 19.6 Å². The maximum atomic E-state index is 11.4. The third-order valence-electron chi connectivity index (χ3n) is 2.05. The third kappa shape index (κ3) is 5.16. The van der Waals surface area contributed by atoms with Gasteiger partial charge in [0.2, 0.25) is 0 Å². The SMILES string of the molecule is CC(C)(C)OC(=O)/C=C/c1ccc(B(O)O)cc1. The fraction of sp³-hybridized carbons (Fsp3) is 0.308. The van der Waals surface area contributed by atoms with E-state index in [4.69, 9.17) is 14.8 Å². The summed E-state index contributed by atoms with van der Waals surface area (Å²) in [6.07, 6.45) is 2.96. The quantitative estimate of drug-likeness (QED) is 0.470. The lowest BCUT2D eigenvalue weighted by atomic mass is 9.80. The molecule has 1 aromatic carbocycles. The summed E-state index contributed by atoms with van der Waals surface area (Å²) in [6, 6.07) is 6.55. The molecule has 4 nitrogen and oxygen atoms in total. The van der Waals surface area contributed by atoms with Gasteiger partial charge < -0.3 is 14.8 Å². The van der Waals surface area contributed by atoms with Gasteiger partial charge in [0.15, 0.2) is 0 Å². The molecular weight excluding hydrogens is 231 g/mol. The van der Waals surface area contributed by atoms with Gasteiger partial charge in [-0.2, -0.15) is 0 Å². The van der Waals surface area contributed by atoms with Crippen molar-refractivity contribution >= 4 is 24.6 Å². The van der Waals surface area contributed by atoms with E-state index in [0.29, 0.717) is 5.46 Å². The van der Waals surface area contributed by atoms with E-state index >= 15 is 0 Å². The molecule has 0 aliphatic carbocycles. The van der Waals surface area contributed by atoms with Crippen LogP contribution in [0.3, 0.4) is 0 Å². The summed E-state index contributed by atoms with van der Waals surface area (Å²) in [5.41, 5.74) is 0.682. The Bertz CT molecular complexity index is 429. The number of carbonyl (C=O) groups is 1. The Kier molecular flexibility index (Phi) is 4.70. The smallest absolute Gasteiger partial charge is 0.457 e. The number of benzene rings is 1. The van der Waals surface area contributed by atoms with Crippen molar-refractivity contribution in [3.63, 3.8) is 0 Å². The first-order chi connectivity index (χ1) is 8.28. The maximum Gasteiger partial charge on any atom is 0.488 e. The van der Waals surface area contributed by atoms with Crippen LogP contribution in [-0.4, -0.2) is 28.7 Å². The first-order valence-corrected chi connectivity index (χ1v) is 5.65. The van der Waals surface area contributed by atoms with E-state index in [1.54, 1.807) is 51.1 Å². The lowest BCUT2D eigenvalue weighted by molar-refractivity contribution is -0.148. The van der Waals surface area contributed by atoms with Crippen molar-refractivity contribution in [3.05, 3.63) is 35.9 Å². The summed E-state index contributed by atoms with van der Waals surface area (Å²) in [5, 5.41) is 17.8. The van der Waals surface area contributed by atoms with Crippen molar-refractivity contribution in [3.8, 4) is 0 Å². The van der Waals surface area contributed by atoms with Crippen molar-refractivity contribution in [1.29, 1.82) is 0 Å². The van der Waals surface area contributed by atoms with Crippen molar-refractivity contribution in [2.75, 3.05) is 0 Å². The van der Waals surface area contributed by atoms with Gasteiger partial charge in [0.25, 0.3) is 0 Å². The Balaban J connectivity index is 2.65. The number of carbonyl (C=O) groups excluding carboxylic acids is 1. The standard InChI is InChI=1S/C13H17BO4/c1-13(2,3)18-12(15)9-6-10-4-7-11(8-5-10)14(16)17/h4-9,16-17H,1-3H3/b9-6+. The Hall–Kier alpha value is -1.59. The highest BCUT2D eigenvalue weighted by atomic mass is 16.6. The number of hydrogen-bond donors (Lipinski definition) is 2. The molecule has 1 rings (SSSR count). The lowest BCUT2D eigenvalue weighted by Crippen LogP contribution is -2.29. The second kappa shape index (κ2) is 5.84. The predicted octanol–water partition coefficient (Wildman–Crippen LogP) is 0.721. The Morgan fingerprint density at radius 3 is 2.22 bits per heavy atom. The molecule has 0 radical (unpaired) electrons. The molecule has 0 aromatic heterocycles. The zero-order chi connectivity index (χ0) is 13.8. The molecule has 0 aliphatic rings. The Morgan fingerprint density at radius 2 is 1.78 bits per heavy atom. The van der Waals surface area contributed by atoms with Crippen LogP contribution >= 0.6 is 0 Å². The highest BCUT2D eigenvalue weighted by Gasteiger charge is 2.14. The second-order valence-electron chi connectivity index (χ2n) is 4.91. The minimum Gasteiger partial charge on any atom is -0.457 e. The molecule has 18 heavy (non-hydrogen) atoms. The van der Waals surface area contributed by atoms with Crippen molar-refractivity contribution in [2.24, 2.45) is 0 Å². The van der Waals surface area contributed by atoms with Crippen LogP contribution in [0, 0.1) is 0 Å². The maximum absolute atomic E-state index is 11.4. The molecule has 0 fully saturated rings. The topological polar surface area (TPSA) is 66.8 Å². The van der Waals surface area contributed by atoms with E-state index in [1.807, 2.05) is 0 Å². The minimum atomic E-state index is -1.48. The second-order valence-corrected chi connectivity index (χ2v) is 4.91. The van der Waals surface area contributed by atoms with Gasteiger partial charge in [-0.1, -0.05) is 24.3 Å². The molecule has 0 spiro atoms. The largest absolute Gasteiger partial charge is 0.488 e. The van der Waals surface area contributed by atoms with E-state index < -0.39 is 18.7 Å². The van der Waals surface area contributed by atoms with Crippen LogP contribution in [0.2, 0.25) is 0 Å². The van der Waals surface area contributed by atoms with E-state index in [-0.39, 0.29) is 0 Å². The zero-order valence-electron chi connectivity index (χ0n) is 10.8. The fourth-order valence-electron chi connectivity index (χ4n) is 1.28. The first kappa shape index (κ1) is 14.5. The van der Waals surface area contributed by atoms with Gasteiger partial charge in [0.05, 0.1) is 0 Å². The summed E-state index contributed by atoms with van der Waals surface area (Å²) in [6.45, 7) is 5.41. The molecule has 0 unspecified atom stereocenters. The Morgan fingerprint density at radius 1 is 1.22 bits per heavy atom. The molecule has 0 heterocycles. The van der Waals surface area contributed by atoms with Crippen LogP contribution in [0.4, 0.5) is 0 Å². The highest BCUT2D eigenvalue weighted by molar-refractivity contribution is 6.58. The normalized spacial score (nSPS) is 11.6. The number of rotatable bonds is 3. The van der Waals surface area contributed by atoms with Crippen LogP contribution < -0.4 is 5.46 Å². The van der Waals surface area contributed by atoms with Crippen LogP contribution in [0.1, 0.15) is 26.3 Å². The van der Waals surface area contributed by atoms with Crippen LogP contribution in [0.15, 0.2) is 30.3 Å². The van der Waals surface area contributed by atoms with Crippen molar-refractivity contribution in [2.45, 2.75) is 26.4 Å². The molecule has 0 saturated heterocycles. The van der Waals surface area contributed by atoms with Gasteiger partial charge in [-0.25, -0.2) is 4.79 Å². The summed E-state index contributed by atoms with van der Waals surface area (Å²) >= 11 is 0. The molecule has 0 atom stereocenters. The summed E-state index contributed by atoms with van der Waals surface area (Å²) in [7, 11) is -1.48. The molecule has 0 amide bonds. The van der Waals surface area contributed by atoms with Crippen molar-refractivity contribution in [1.82, 2.24) is 0 Å². The molecule has 0 aliphatic heterocycles. The monoisotopic (exact) mass is 248 g/mol. The fourth-order valence-corrected chi connectivity index (χ4v) is 1.28. The van der Waals surface area contributed by atoms with Gasteiger partial charge in [-0.15, -0.1) is 0 Å². The van der Waals surface area contributed by atoms with E-state index in [0.717, 1.165) is 5.56 Å². The predicted molar refractivity (Wildman–Crippen MR) is 71.1 cm³/mol. The molecule has 0 bridgehead atoms. The van der Waals surface area contributed by atoms with Gasteiger partial charge >= 0.3 is 13.1 Å². The number of hydrogen-bond acceptors (Lipinski definition) is 4. The van der Waals surface area contributed by atoms with E-state index in [9.17, 15) is 4.79 Å². The molecule has 2 N–H and O–H groups in total. The van der Waals surface area contributed by atoms with E-state index in [1.165, 1.54) is 6.08 Å². The number of ether oxygens (including phenoxy) is 1. The molecule has 1 aromatic rings. The van der Waals surface area contributed by atoms with Gasteiger partial charge in [-0.3, -0.25) is 0 Å². The average molecular weight is 248 g/mol. The van der Waals surface area contributed by atoms with Crippen LogP contribution in [0.5, 0.6) is 0 Å². The highest BCUT2D eigenvalue weighted by Crippen LogP contribution is 2.08. The third-order valence-corrected chi connectivity index (χ3v) is 2.05. The van der Waals surface area contributed by atoms with Gasteiger partial charge in [0.1, 0.15) is 5.60 Å².